The molecule has 15 heavy (non-hydrogen) atoms. The van der Waals surface area contributed by atoms with Gasteiger partial charge in [0.2, 0.25) is 0 Å². The fourth-order valence-electron chi connectivity index (χ4n) is 0.632. The van der Waals surface area contributed by atoms with Gasteiger partial charge in [0.05, 0.1) is 0 Å². The lowest BCUT2D eigenvalue weighted by Crippen LogP contribution is -2.29. The van der Waals surface area contributed by atoms with E-state index in [0.29, 0.717) is 13.0 Å². The second kappa shape index (κ2) is 10.7. The average molecular weight is 223 g/mol. The normalized spacial score (nSPS) is 10.9. The number of rotatable bonds is 5. The molecule has 0 bridgehead atoms. The molecule has 8 nitrogen and oxygen atoms in total. The van der Waals surface area contributed by atoms with E-state index in [0.717, 1.165) is 12.8 Å². The van der Waals surface area contributed by atoms with Gasteiger partial charge in [-0.1, -0.05) is 6.42 Å². The molecule has 0 aromatic carbocycles. The zero-order valence-electron chi connectivity index (χ0n) is 8.26. The number of aliphatic carboxylic acids is 1. The first-order valence-electron chi connectivity index (χ1n) is 4.25. The van der Waals surface area contributed by atoms with Gasteiger partial charge in [-0.05, 0) is 19.4 Å². The molecule has 1 unspecified atom stereocenters. The fraction of sp³-hybridized carbons (Fsp3) is 0.714. The van der Waals surface area contributed by atoms with Crippen LogP contribution in [0.5, 0.6) is 0 Å². The van der Waals surface area contributed by atoms with Crippen LogP contribution in [0, 0.1) is 0 Å². The number of carboxylic acids is 1. The van der Waals surface area contributed by atoms with E-state index < -0.39 is 18.1 Å². The second-order valence-corrected chi connectivity index (χ2v) is 2.64. The molecule has 8 N–H and O–H groups in total. The van der Waals surface area contributed by atoms with Crippen LogP contribution in [0.15, 0.2) is 0 Å². The maximum atomic E-state index is 10.1. The molecular formula is C7H17N3O5. The lowest BCUT2D eigenvalue weighted by atomic mass is 10.1. The monoisotopic (exact) mass is 223 g/mol. The van der Waals surface area contributed by atoms with Crippen molar-refractivity contribution in [1.29, 1.82) is 0 Å². The largest absolute Gasteiger partial charge is 0.480 e. The van der Waals surface area contributed by atoms with Crippen LogP contribution in [0.25, 0.3) is 0 Å². The molecule has 0 heterocycles. The van der Waals surface area contributed by atoms with Crippen LogP contribution < -0.4 is 17.2 Å². The third kappa shape index (κ3) is 15.4. The highest BCUT2D eigenvalue weighted by atomic mass is 17.1. The summed E-state index contributed by atoms with van der Waals surface area (Å²) < 4.78 is 0. The minimum Gasteiger partial charge on any atom is -0.480 e. The number of amides is 1. The highest BCUT2D eigenvalue weighted by Crippen LogP contribution is 1.96. The zero-order chi connectivity index (χ0) is 12.3. The molecule has 0 aliphatic rings. The maximum absolute atomic E-state index is 10.1. The lowest BCUT2D eigenvalue weighted by molar-refractivity contribution is -0.174. The van der Waals surface area contributed by atoms with Crippen molar-refractivity contribution < 1.29 is 24.8 Å². The van der Waals surface area contributed by atoms with Crippen LogP contribution in [0.1, 0.15) is 19.3 Å². The summed E-state index contributed by atoms with van der Waals surface area (Å²) in [6.45, 7) is 0.604. The number of carbonyl (C=O) groups is 2. The predicted molar refractivity (Wildman–Crippen MR) is 51.8 cm³/mol. The molecule has 1 amide bonds. The summed E-state index contributed by atoms with van der Waals surface area (Å²) in [4.78, 5) is 22.1. The molecule has 0 aliphatic heterocycles. The Kier molecular flexibility index (Phi) is 11.5. The molecule has 0 rings (SSSR count). The quantitative estimate of drug-likeness (QED) is 0.228. The lowest BCUT2D eigenvalue weighted by Gasteiger charge is -2.03. The summed E-state index contributed by atoms with van der Waals surface area (Å²) in [6.07, 6.45) is 0.974. The van der Waals surface area contributed by atoms with E-state index in [9.17, 15) is 4.79 Å². The Bertz CT molecular complexity index is 187. The van der Waals surface area contributed by atoms with E-state index in [-0.39, 0.29) is 0 Å². The van der Waals surface area contributed by atoms with Crippen molar-refractivity contribution in [1.82, 2.24) is 0 Å². The topological polar surface area (TPSA) is 162 Å². The molecule has 0 aromatic rings. The van der Waals surface area contributed by atoms with Gasteiger partial charge in [0.15, 0.2) is 0 Å². The average Bonchev–Trinajstić information content (AvgIpc) is 2.18. The number of hydrogen-bond donors (Lipinski definition) is 5. The van der Waals surface area contributed by atoms with Gasteiger partial charge in [0, 0.05) is 0 Å². The molecule has 0 fully saturated rings. The van der Waals surface area contributed by atoms with Crippen LogP contribution in [-0.4, -0.2) is 35.0 Å². The molecule has 90 valence electrons. The standard InChI is InChI=1S/C6H14N2O2.CH3NO3/c7-4-2-1-3-5(8)6(9)10;2-1(3)5-4/h5H,1-4,7-8H2,(H,9,10);4H,(H2,2,3). The van der Waals surface area contributed by atoms with Crippen molar-refractivity contribution in [3.05, 3.63) is 0 Å². The first-order valence-corrected chi connectivity index (χ1v) is 4.25. The predicted octanol–water partition coefficient (Wildman–Crippen LogP) is -0.918. The molecule has 0 aromatic heterocycles. The van der Waals surface area contributed by atoms with Gasteiger partial charge in [0.25, 0.3) is 0 Å². The Labute approximate surface area is 86.9 Å². The van der Waals surface area contributed by atoms with Gasteiger partial charge in [-0.2, -0.15) is 5.26 Å². The highest BCUT2D eigenvalue weighted by molar-refractivity contribution is 5.72. The van der Waals surface area contributed by atoms with Crippen molar-refractivity contribution in [3.8, 4) is 0 Å². The number of primary amides is 1. The van der Waals surface area contributed by atoms with E-state index in [1.807, 2.05) is 0 Å². The van der Waals surface area contributed by atoms with Gasteiger partial charge in [0.1, 0.15) is 6.04 Å². The second-order valence-electron chi connectivity index (χ2n) is 2.64. The van der Waals surface area contributed by atoms with Gasteiger partial charge in [-0.25, -0.2) is 4.79 Å². The van der Waals surface area contributed by atoms with E-state index in [2.05, 4.69) is 10.6 Å². The number of nitrogens with two attached hydrogens (primary N) is 3. The maximum Gasteiger partial charge on any atom is 0.435 e. The van der Waals surface area contributed by atoms with Gasteiger partial charge in [-0.3, -0.25) is 9.68 Å². The van der Waals surface area contributed by atoms with Gasteiger partial charge < -0.3 is 22.3 Å². The SMILES string of the molecule is NC(=O)OO.NCCCCC(N)C(=O)O. The third-order valence-corrected chi connectivity index (χ3v) is 1.38. The minimum absolute atomic E-state index is 0.520. The van der Waals surface area contributed by atoms with E-state index in [4.69, 9.17) is 26.6 Å². The van der Waals surface area contributed by atoms with E-state index >= 15 is 0 Å². The molecule has 0 aliphatic carbocycles. The third-order valence-electron chi connectivity index (χ3n) is 1.38. The van der Waals surface area contributed by atoms with Crippen molar-refractivity contribution in [3.63, 3.8) is 0 Å². The Balaban J connectivity index is 0. The summed E-state index contributed by atoms with van der Waals surface area (Å²) in [5.41, 5.74) is 14.6. The van der Waals surface area contributed by atoms with Gasteiger partial charge in [-0.15, -0.1) is 0 Å². The minimum atomic E-state index is -1.19. The van der Waals surface area contributed by atoms with Crippen molar-refractivity contribution >= 4 is 12.1 Å². The summed E-state index contributed by atoms with van der Waals surface area (Å²) >= 11 is 0. The van der Waals surface area contributed by atoms with E-state index in [1.165, 1.54) is 0 Å². The van der Waals surface area contributed by atoms with Crippen molar-refractivity contribution in [2.24, 2.45) is 17.2 Å². The molecule has 0 saturated carbocycles. The summed E-state index contributed by atoms with van der Waals surface area (Å²) in [5.74, 6) is -0.933. The summed E-state index contributed by atoms with van der Waals surface area (Å²) in [7, 11) is 0. The molecule has 1 atom stereocenters. The van der Waals surface area contributed by atoms with Crippen molar-refractivity contribution in [2.45, 2.75) is 25.3 Å². The fourth-order valence-corrected chi connectivity index (χ4v) is 0.632. The number of hydrogen-bond acceptors (Lipinski definition) is 6. The Morgan fingerprint density at radius 1 is 1.33 bits per heavy atom. The van der Waals surface area contributed by atoms with Crippen LogP contribution in [0.4, 0.5) is 4.79 Å². The number of carboxylic acid groups (broad SMARTS) is 1. The zero-order valence-corrected chi connectivity index (χ0v) is 8.26. The smallest absolute Gasteiger partial charge is 0.435 e. The molecule has 0 spiro atoms. The van der Waals surface area contributed by atoms with Crippen LogP contribution in [0.3, 0.4) is 0 Å². The summed E-state index contributed by atoms with van der Waals surface area (Å²) in [6, 6.07) is -0.716. The summed E-state index contributed by atoms with van der Waals surface area (Å²) in [5, 5.41) is 15.5. The first kappa shape index (κ1) is 16.1. The Hall–Kier alpha value is -1.38. The molecule has 0 saturated heterocycles. The van der Waals surface area contributed by atoms with Crippen LogP contribution in [0.2, 0.25) is 0 Å². The number of carbonyl (C=O) groups excluding carboxylic acids is 1. The van der Waals surface area contributed by atoms with Crippen LogP contribution in [-0.2, 0) is 9.68 Å². The van der Waals surface area contributed by atoms with Crippen molar-refractivity contribution in [2.75, 3.05) is 6.54 Å². The molecule has 8 heteroatoms. The molecule has 0 radical (unpaired) electrons. The molecular weight excluding hydrogens is 206 g/mol. The van der Waals surface area contributed by atoms with Gasteiger partial charge >= 0.3 is 12.1 Å². The highest BCUT2D eigenvalue weighted by Gasteiger charge is 2.09. The Morgan fingerprint density at radius 2 is 1.80 bits per heavy atom. The van der Waals surface area contributed by atoms with E-state index in [1.54, 1.807) is 0 Å². The Morgan fingerprint density at radius 3 is 2.07 bits per heavy atom. The number of unbranched alkanes of at least 4 members (excludes halogenated alkanes) is 1. The first-order chi connectivity index (χ1) is 6.95. The van der Waals surface area contributed by atoms with Crippen LogP contribution >= 0.6 is 0 Å².